The van der Waals surface area contributed by atoms with Gasteiger partial charge in [-0.05, 0) is 61.1 Å². The van der Waals surface area contributed by atoms with Gasteiger partial charge in [-0.3, -0.25) is 4.39 Å². The summed E-state index contributed by atoms with van der Waals surface area (Å²) in [7, 11) is 0. The van der Waals surface area contributed by atoms with Crippen molar-refractivity contribution in [3.8, 4) is 11.5 Å². The molecule has 0 amide bonds. The van der Waals surface area contributed by atoms with Crippen molar-refractivity contribution >= 4 is 5.69 Å². The van der Waals surface area contributed by atoms with Crippen LogP contribution in [0.4, 0.5) is 10.1 Å². The number of alkyl halides is 1. The smallest absolute Gasteiger partial charge is 0.247 e. The van der Waals surface area contributed by atoms with Crippen molar-refractivity contribution in [3.63, 3.8) is 0 Å². The van der Waals surface area contributed by atoms with Crippen LogP contribution >= 0.6 is 0 Å². The molecule has 0 radical (unpaired) electrons. The zero-order chi connectivity index (χ0) is 25.5. The molecule has 2 heterocycles. The average molecular weight is 484 g/mol. The van der Waals surface area contributed by atoms with Gasteiger partial charge in [0.25, 0.3) is 0 Å². The Labute approximate surface area is 210 Å². The fourth-order valence-electron chi connectivity index (χ4n) is 3.91. The van der Waals surface area contributed by atoms with Crippen LogP contribution in [0.15, 0.2) is 64.8 Å². The second kappa shape index (κ2) is 15.9. The van der Waals surface area contributed by atoms with Crippen LogP contribution in [0.2, 0.25) is 0 Å². The lowest BCUT2D eigenvalue weighted by atomic mass is 10.0. The highest BCUT2D eigenvalue weighted by Gasteiger charge is 2.19. The third-order valence-electron chi connectivity index (χ3n) is 5.73. The van der Waals surface area contributed by atoms with Crippen LogP contribution in [0.5, 0.6) is 0 Å². The van der Waals surface area contributed by atoms with Gasteiger partial charge in [-0.25, -0.2) is 0 Å². The summed E-state index contributed by atoms with van der Waals surface area (Å²) < 4.78 is 23.7. The molecule has 6 heteroatoms. The molecule has 1 aliphatic heterocycles. The van der Waals surface area contributed by atoms with E-state index in [9.17, 15) is 4.39 Å². The third-order valence-corrected chi connectivity index (χ3v) is 5.73. The minimum atomic E-state index is -0.358. The van der Waals surface area contributed by atoms with Gasteiger partial charge in [-0.15, -0.1) is 10.2 Å². The van der Waals surface area contributed by atoms with Crippen molar-refractivity contribution in [3.05, 3.63) is 66.3 Å². The van der Waals surface area contributed by atoms with Crippen molar-refractivity contribution < 1.29 is 13.5 Å². The van der Waals surface area contributed by atoms with Gasteiger partial charge < -0.3 is 14.1 Å². The van der Waals surface area contributed by atoms with Gasteiger partial charge in [0.05, 0.1) is 13.3 Å². The maximum absolute atomic E-state index is 12.2. The van der Waals surface area contributed by atoms with Crippen LogP contribution in [-0.2, 0) is 11.2 Å². The third kappa shape index (κ3) is 9.00. The summed E-state index contributed by atoms with van der Waals surface area (Å²) in [6.07, 6.45) is 13.3. The lowest BCUT2D eigenvalue weighted by molar-refractivity contribution is 0.209. The number of nitrogens with zero attached hydrogens (tertiary/aromatic N) is 3. The SMILES string of the molecule is CC.CC.CC1CCN(c2ccc(-c3nnc(CCC4C=CC=C(OCCCF)C=C4)o3)cc2)C1. The Morgan fingerprint density at radius 3 is 2.54 bits per heavy atom. The number of allylic oxidation sites excluding steroid dienone is 5. The summed E-state index contributed by atoms with van der Waals surface area (Å²) in [6, 6.07) is 8.39. The Bertz CT molecular complexity index is 934. The summed E-state index contributed by atoms with van der Waals surface area (Å²) in [5, 5.41) is 8.46. The number of rotatable bonds is 9. The molecule has 2 aromatic rings. The highest BCUT2D eigenvalue weighted by Crippen LogP contribution is 2.27. The zero-order valence-corrected chi connectivity index (χ0v) is 22.0. The van der Waals surface area contributed by atoms with E-state index in [1.165, 1.54) is 12.1 Å². The Hall–Kier alpha value is -2.89. The molecule has 0 bridgehead atoms. The maximum atomic E-state index is 12.2. The predicted molar refractivity (Wildman–Crippen MR) is 143 cm³/mol. The number of aryl methyl sites for hydroxylation is 1. The lowest BCUT2D eigenvalue weighted by Gasteiger charge is -2.18. The molecule has 2 atom stereocenters. The molecule has 1 saturated heterocycles. The van der Waals surface area contributed by atoms with Crippen LogP contribution in [0.1, 0.15) is 59.8 Å². The van der Waals surface area contributed by atoms with Gasteiger partial charge >= 0.3 is 0 Å². The topological polar surface area (TPSA) is 51.4 Å². The second-order valence-electron chi connectivity index (χ2n) is 8.29. The first-order valence-electron chi connectivity index (χ1n) is 13.1. The Morgan fingerprint density at radius 1 is 1.09 bits per heavy atom. The first-order chi connectivity index (χ1) is 17.2. The predicted octanol–water partition coefficient (Wildman–Crippen LogP) is 7.57. The van der Waals surface area contributed by atoms with E-state index in [-0.39, 0.29) is 12.6 Å². The van der Waals surface area contributed by atoms with E-state index >= 15 is 0 Å². The molecule has 1 aromatic carbocycles. The van der Waals surface area contributed by atoms with Gasteiger partial charge in [-0.2, -0.15) is 0 Å². The molecule has 1 fully saturated rings. The zero-order valence-electron chi connectivity index (χ0n) is 22.0. The molecule has 1 aromatic heterocycles. The molecule has 35 heavy (non-hydrogen) atoms. The molecule has 1 aliphatic carbocycles. The second-order valence-corrected chi connectivity index (χ2v) is 8.29. The first-order valence-corrected chi connectivity index (χ1v) is 13.1. The lowest BCUT2D eigenvalue weighted by Crippen LogP contribution is -2.18. The molecule has 192 valence electrons. The quantitative estimate of drug-likeness (QED) is 0.344. The molecule has 2 aliphatic rings. The molecule has 0 spiro atoms. The Kier molecular flexibility index (Phi) is 12.9. The number of ether oxygens (including phenoxy) is 1. The summed E-state index contributed by atoms with van der Waals surface area (Å²) in [4.78, 5) is 2.42. The van der Waals surface area contributed by atoms with Crippen LogP contribution in [0.25, 0.3) is 11.5 Å². The number of benzene rings is 1. The van der Waals surface area contributed by atoms with E-state index < -0.39 is 0 Å². The number of anilines is 1. The molecule has 4 rings (SSSR count). The van der Waals surface area contributed by atoms with Crippen LogP contribution in [0.3, 0.4) is 0 Å². The molecular weight excluding hydrogens is 441 g/mol. The van der Waals surface area contributed by atoms with Crippen molar-refractivity contribution in [2.45, 2.75) is 60.3 Å². The van der Waals surface area contributed by atoms with Gasteiger partial charge in [0.15, 0.2) is 0 Å². The first kappa shape index (κ1) is 28.3. The molecular formula is C29H42FN3O2. The number of hydrogen-bond acceptors (Lipinski definition) is 5. The highest BCUT2D eigenvalue weighted by atomic mass is 19.1. The fourth-order valence-corrected chi connectivity index (χ4v) is 3.91. The van der Waals surface area contributed by atoms with E-state index in [2.05, 4.69) is 58.4 Å². The van der Waals surface area contributed by atoms with Crippen molar-refractivity contribution in [2.75, 3.05) is 31.3 Å². The largest absolute Gasteiger partial charge is 0.494 e. The minimum Gasteiger partial charge on any atom is -0.494 e. The number of aromatic nitrogens is 2. The maximum Gasteiger partial charge on any atom is 0.247 e. The Morgan fingerprint density at radius 2 is 1.86 bits per heavy atom. The number of halogens is 1. The standard InChI is InChI=1S/C25H30FN3O2.2C2H6/c1-19-14-16-29(18-19)22-10-8-21(9-11-22)25-28-27-24(31-25)13-7-20-4-2-5-23(12-6-20)30-17-3-15-26;2*1-2/h2,4-6,8-12,19-20H,3,7,13-18H2,1H3;2*1-2H3. The minimum absolute atomic E-state index is 0.260. The van der Waals surface area contributed by atoms with Crippen LogP contribution in [-0.4, -0.2) is 36.6 Å². The molecule has 0 N–H and O–H groups in total. The van der Waals surface area contributed by atoms with Gasteiger partial charge in [-0.1, -0.05) is 52.8 Å². The van der Waals surface area contributed by atoms with Crippen molar-refractivity contribution in [1.29, 1.82) is 0 Å². The van der Waals surface area contributed by atoms with Crippen molar-refractivity contribution in [2.24, 2.45) is 11.8 Å². The summed E-state index contributed by atoms with van der Waals surface area (Å²) in [5.41, 5.74) is 2.20. The summed E-state index contributed by atoms with van der Waals surface area (Å²) in [6.45, 7) is 12.6. The Balaban J connectivity index is 0.00000103. The van der Waals surface area contributed by atoms with E-state index in [1.807, 2.05) is 45.9 Å². The molecule has 5 nitrogen and oxygen atoms in total. The van der Waals surface area contributed by atoms with E-state index in [0.717, 1.165) is 36.8 Å². The molecule has 2 unspecified atom stereocenters. The normalized spacial score (nSPS) is 18.7. The summed E-state index contributed by atoms with van der Waals surface area (Å²) >= 11 is 0. The van der Waals surface area contributed by atoms with Crippen LogP contribution < -0.4 is 4.90 Å². The van der Waals surface area contributed by atoms with E-state index in [1.54, 1.807) is 0 Å². The van der Waals surface area contributed by atoms with Crippen LogP contribution in [0, 0.1) is 11.8 Å². The summed E-state index contributed by atoms with van der Waals surface area (Å²) in [5.74, 6) is 2.99. The van der Waals surface area contributed by atoms with E-state index in [4.69, 9.17) is 9.15 Å². The monoisotopic (exact) mass is 483 g/mol. The molecule has 0 saturated carbocycles. The van der Waals surface area contributed by atoms with Gasteiger partial charge in [0, 0.05) is 37.2 Å². The fraction of sp³-hybridized carbons (Fsp3) is 0.517. The van der Waals surface area contributed by atoms with Crippen molar-refractivity contribution in [1.82, 2.24) is 10.2 Å². The average Bonchev–Trinajstić information content (AvgIpc) is 3.50. The number of hydrogen-bond donors (Lipinski definition) is 0. The van der Waals surface area contributed by atoms with Gasteiger partial charge in [0.1, 0.15) is 5.76 Å². The highest BCUT2D eigenvalue weighted by molar-refractivity contribution is 5.59. The van der Waals surface area contributed by atoms with E-state index in [0.29, 0.717) is 31.2 Å². The van der Waals surface area contributed by atoms with Gasteiger partial charge in [0.2, 0.25) is 11.8 Å².